The maximum atomic E-state index is 5.49. The van der Waals surface area contributed by atoms with Crippen molar-refractivity contribution < 1.29 is 4.74 Å². The van der Waals surface area contributed by atoms with E-state index < -0.39 is 0 Å². The highest BCUT2D eigenvalue weighted by Crippen LogP contribution is 2.34. The van der Waals surface area contributed by atoms with E-state index in [0.717, 1.165) is 61.1 Å². The fourth-order valence-electron chi connectivity index (χ4n) is 3.50. The van der Waals surface area contributed by atoms with Crippen molar-refractivity contribution in [2.75, 3.05) is 30.1 Å². The van der Waals surface area contributed by atoms with Crippen LogP contribution in [0.1, 0.15) is 12.8 Å². The monoisotopic (exact) mass is 322 g/mol. The van der Waals surface area contributed by atoms with E-state index in [9.17, 15) is 0 Å². The van der Waals surface area contributed by atoms with Crippen LogP contribution in [0, 0.1) is 0 Å². The second-order valence-corrected chi connectivity index (χ2v) is 6.17. The molecule has 7 nitrogen and oxygen atoms in total. The van der Waals surface area contributed by atoms with Gasteiger partial charge in [-0.15, -0.1) is 0 Å². The molecule has 0 radical (unpaired) electrons. The second-order valence-electron chi connectivity index (χ2n) is 6.17. The number of nitrogens with zero attached hydrogens (tertiary/aromatic N) is 5. The summed E-state index contributed by atoms with van der Waals surface area (Å²) >= 11 is 0. The van der Waals surface area contributed by atoms with E-state index in [1.807, 2.05) is 41.3 Å². The number of pyridine rings is 1. The summed E-state index contributed by atoms with van der Waals surface area (Å²) in [7, 11) is 0. The van der Waals surface area contributed by atoms with Crippen molar-refractivity contribution in [3.05, 3.63) is 36.8 Å². The van der Waals surface area contributed by atoms with Crippen molar-refractivity contribution in [1.82, 2.24) is 19.6 Å². The molecule has 1 saturated heterocycles. The maximum absolute atomic E-state index is 5.49. The highest BCUT2D eigenvalue weighted by molar-refractivity contribution is 5.79. The highest BCUT2D eigenvalue weighted by atomic mass is 16.5. The van der Waals surface area contributed by atoms with E-state index in [4.69, 9.17) is 9.72 Å². The molecule has 5 rings (SSSR count). The molecule has 7 heteroatoms. The van der Waals surface area contributed by atoms with Gasteiger partial charge in [-0.05, 0) is 25.0 Å². The maximum Gasteiger partial charge on any atom is 0.165 e. The van der Waals surface area contributed by atoms with Gasteiger partial charge in [-0.2, -0.15) is 5.10 Å². The van der Waals surface area contributed by atoms with Crippen LogP contribution in [0.2, 0.25) is 0 Å². The Kier molecular flexibility index (Phi) is 3.12. The molecule has 0 unspecified atom stereocenters. The van der Waals surface area contributed by atoms with E-state index in [1.54, 1.807) is 0 Å². The number of hydrogen-bond donors (Lipinski definition) is 1. The summed E-state index contributed by atoms with van der Waals surface area (Å²) in [5.74, 6) is 1.71. The summed E-state index contributed by atoms with van der Waals surface area (Å²) < 4.78 is 7.33. The van der Waals surface area contributed by atoms with Crippen LogP contribution in [0.25, 0.3) is 16.9 Å². The fraction of sp³-hybridized carbons (Fsp3) is 0.353. The lowest BCUT2D eigenvalue weighted by molar-refractivity contribution is 0.0849. The number of rotatable bonds is 2. The third-order valence-corrected chi connectivity index (χ3v) is 4.78. The van der Waals surface area contributed by atoms with E-state index in [-0.39, 0.29) is 0 Å². The van der Waals surface area contributed by atoms with Crippen LogP contribution < -0.4 is 10.2 Å². The lowest BCUT2D eigenvalue weighted by atomic mass is 10.1. The zero-order valence-electron chi connectivity index (χ0n) is 13.2. The van der Waals surface area contributed by atoms with Crippen LogP contribution in [-0.2, 0) is 4.74 Å². The topological polar surface area (TPSA) is 67.6 Å². The Morgan fingerprint density at radius 1 is 1.17 bits per heavy atom. The number of ether oxygens (including phenoxy) is 1. The summed E-state index contributed by atoms with van der Waals surface area (Å²) in [6, 6.07) is 6.47. The standard InChI is InChI=1S/C17H18N6O/c1-2-6-23-15(3-1)13(9-20-23)16-18-10-14-17(21-16)22(11-19-14)12-4-7-24-8-5-12/h1-3,6,9-10,12,19H,4-5,7-8,11H2. The zero-order valence-corrected chi connectivity index (χ0v) is 13.2. The van der Waals surface area contributed by atoms with Crippen LogP contribution in [-0.4, -0.2) is 45.5 Å². The Labute approximate surface area is 139 Å². The van der Waals surface area contributed by atoms with Crippen LogP contribution in [0.5, 0.6) is 0 Å². The minimum Gasteiger partial charge on any atom is -0.381 e. The molecule has 5 heterocycles. The van der Waals surface area contributed by atoms with Gasteiger partial charge < -0.3 is 15.0 Å². The highest BCUT2D eigenvalue weighted by Gasteiger charge is 2.29. The van der Waals surface area contributed by atoms with Gasteiger partial charge in [0, 0.05) is 25.5 Å². The average molecular weight is 322 g/mol. The molecule has 1 N–H and O–H groups in total. The zero-order chi connectivity index (χ0) is 15.9. The number of anilines is 2. The first-order valence-electron chi connectivity index (χ1n) is 8.28. The average Bonchev–Trinajstić information content (AvgIpc) is 3.26. The van der Waals surface area contributed by atoms with Gasteiger partial charge in [0.15, 0.2) is 11.6 Å². The van der Waals surface area contributed by atoms with Gasteiger partial charge in [0.1, 0.15) is 0 Å². The molecule has 0 aromatic carbocycles. The normalized spacial score (nSPS) is 17.9. The Morgan fingerprint density at radius 3 is 3.00 bits per heavy atom. The van der Waals surface area contributed by atoms with Crippen molar-refractivity contribution in [1.29, 1.82) is 0 Å². The van der Waals surface area contributed by atoms with Gasteiger partial charge in [0.05, 0.1) is 35.8 Å². The SMILES string of the molecule is c1ccn2ncc(-c3ncc4c(n3)N(C3CCOCC3)CN4)c2c1. The Balaban J connectivity index is 1.55. The lowest BCUT2D eigenvalue weighted by Crippen LogP contribution is -2.39. The second kappa shape index (κ2) is 5.45. The van der Waals surface area contributed by atoms with Gasteiger partial charge in [-0.25, -0.2) is 14.5 Å². The number of fused-ring (bicyclic) bond motifs is 2. The number of aromatic nitrogens is 4. The minimum absolute atomic E-state index is 0.471. The molecule has 0 bridgehead atoms. The number of hydrogen-bond acceptors (Lipinski definition) is 6. The van der Waals surface area contributed by atoms with Crippen LogP contribution >= 0.6 is 0 Å². The molecule has 3 aromatic heterocycles. The molecule has 24 heavy (non-hydrogen) atoms. The van der Waals surface area contributed by atoms with E-state index in [0.29, 0.717) is 6.04 Å². The molecule has 1 fully saturated rings. The molecule has 0 amide bonds. The predicted molar refractivity (Wildman–Crippen MR) is 91.0 cm³/mol. The lowest BCUT2D eigenvalue weighted by Gasteiger charge is -2.31. The molecule has 0 atom stereocenters. The first kappa shape index (κ1) is 13.7. The van der Waals surface area contributed by atoms with Crippen molar-refractivity contribution in [2.45, 2.75) is 18.9 Å². The van der Waals surface area contributed by atoms with E-state index in [1.165, 1.54) is 0 Å². The Bertz CT molecular complexity index is 886. The van der Waals surface area contributed by atoms with E-state index in [2.05, 4.69) is 20.3 Å². The molecule has 2 aliphatic heterocycles. The largest absolute Gasteiger partial charge is 0.381 e. The molecule has 0 aliphatic carbocycles. The minimum atomic E-state index is 0.471. The predicted octanol–water partition coefficient (Wildman–Crippen LogP) is 2.16. The van der Waals surface area contributed by atoms with Crippen molar-refractivity contribution in [3.63, 3.8) is 0 Å². The summed E-state index contributed by atoms with van der Waals surface area (Å²) in [6.45, 7) is 2.43. The van der Waals surface area contributed by atoms with Crippen molar-refractivity contribution in [2.24, 2.45) is 0 Å². The molecular formula is C17H18N6O. The summed E-state index contributed by atoms with van der Waals surface area (Å²) in [5.41, 5.74) is 2.97. The first-order valence-corrected chi connectivity index (χ1v) is 8.28. The molecule has 0 spiro atoms. The summed E-state index contributed by atoms with van der Waals surface area (Å²) in [6.07, 6.45) is 7.72. The molecule has 122 valence electrons. The molecular weight excluding hydrogens is 304 g/mol. The Hall–Kier alpha value is -2.67. The Morgan fingerprint density at radius 2 is 2.08 bits per heavy atom. The van der Waals surface area contributed by atoms with Gasteiger partial charge in [0.2, 0.25) is 0 Å². The van der Waals surface area contributed by atoms with E-state index >= 15 is 0 Å². The van der Waals surface area contributed by atoms with Gasteiger partial charge in [-0.1, -0.05) is 6.07 Å². The summed E-state index contributed by atoms with van der Waals surface area (Å²) in [5, 5.41) is 7.78. The quantitative estimate of drug-likeness (QED) is 0.780. The van der Waals surface area contributed by atoms with Gasteiger partial charge in [0.25, 0.3) is 0 Å². The van der Waals surface area contributed by atoms with Gasteiger partial charge in [-0.3, -0.25) is 0 Å². The van der Waals surface area contributed by atoms with Gasteiger partial charge >= 0.3 is 0 Å². The van der Waals surface area contributed by atoms with Crippen molar-refractivity contribution in [3.8, 4) is 11.4 Å². The smallest absolute Gasteiger partial charge is 0.165 e. The van der Waals surface area contributed by atoms with Crippen molar-refractivity contribution >= 4 is 17.0 Å². The van der Waals surface area contributed by atoms with Crippen LogP contribution in [0.15, 0.2) is 36.8 Å². The van der Waals surface area contributed by atoms with Crippen LogP contribution in [0.4, 0.5) is 11.5 Å². The first-order chi connectivity index (χ1) is 11.9. The third-order valence-electron chi connectivity index (χ3n) is 4.78. The fourth-order valence-corrected chi connectivity index (χ4v) is 3.50. The summed E-state index contributed by atoms with van der Waals surface area (Å²) in [4.78, 5) is 11.7. The molecule has 2 aliphatic rings. The molecule has 3 aromatic rings. The molecule has 0 saturated carbocycles. The number of nitrogens with one attached hydrogen (secondary N) is 1. The third kappa shape index (κ3) is 2.12. The van der Waals surface area contributed by atoms with Crippen LogP contribution in [0.3, 0.4) is 0 Å².